The van der Waals surface area contributed by atoms with Gasteiger partial charge in [0.2, 0.25) is 5.91 Å². The second-order valence-corrected chi connectivity index (χ2v) is 6.26. The largest absolute Gasteiger partial charge is 0.381 e. The predicted molar refractivity (Wildman–Crippen MR) is 102 cm³/mol. The molecule has 138 valence electrons. The first-order valence-corrected chi connectivity index (χ1v) is 8.67. The molecule has 0 saturated carbocycles. The van der Waals surface area contributed by atoms with E-state index in [0.717, 1.165) is 22.4 Å². The normalized spacial score (nSPS) is 10.4. The summed E-state index contributed by atoms with van der Waals surface area (Å²) in [6.07, 6.45) is 0.277. The Morgan fingerprint density at radius 3 is 1.70 bits per heavy atom. The first-order chi connectivity index (χ1) is 13.1. The van der Waals surface area contributed by atoms with E-state index < -0.39 is 0 Å². The van der Waals surface area contributed by atoms with Crippen molar-refractivity contribution in [3.05, 3.63) is 101 Å². The molecule has 0 aromatic heterocycles. The van der Waals surface area contributed by atoms with E-state index in [9.17, 15) is 13.6 Å². The van der Waals surface area contributed by atoms with E-state index in [4.69, 9.17) is 0 Å². The first kappa shape index (κ1) is 18.6. The third kappa shape index (κ3) is 5.92. The maximum absolute atomic E-state index is 12.9. The summed E-state index contributed by atoms with van der Waals surface area (Å²) >= 11 is 0. The molecule has 0 atom stereocenters. The van der Waals surface area contributed by atoms with E-state index in [1.807, 2.05) is 24.3 Å². The summed E-state index contributed by atoms with van der Waals surface area (Å²) in [5.74, 6) is -0.634. The summed E-state index contributed by atoms with van der Waals surface area (Å²) in [7, 11) is 0. The SMILES string of the molecule is O=C(Cc1ccc(NCc2ccc(F)cc2)cc1)NCc1ccc(F)cc1. The van der Waals surface area contributed by atoms with Gasteiger partial charge in [0.15, 0.2) is 0 Å². The van der Waals surface area contributed by atoms with E-state index in [0.29, 0.717) is 13.1 Å². The number of halogens is 2. The Labute approximate surface area is 157 Å². The summed E-state index contributed by atoms with van der Waals surface area (Å²) in [4.78, 5) is 12.0. The van der Waals surface area contributed by atoms with Gasteiger partial charge < -0.3 is 10.6 Å². The smallest absolute Gasteiger partial charge is 0.224 e. The fourth-order valence-electron chi connectivity index (χ4n) is 2.60. The van der Waals surface area contributed by atoms with E-state index in [1.54, 1.807) is 24.3 Å². The van der Waals surface area contributed by atoms with Crippen LogP contribution in [0.15, 0.2) is 72.8 Å². The van der Waals surface area contributed by atoms with Gasteiger partial charge in [-0.1, -0.05) is 36.4 Å². The van der Waals surface area contributed by atoms with Gasteiger partial charge in [-0.15, -0.1) is 0 Å². The minimum Gasteiger partial charge on any atom is -0.381 e. The number of anilines is 1. The van der Waals surface area contributed by atoms with Gasteiger partial charge >= 0.3 is 0 Å². The van der Waals surface area contributed by atoms with Crippen LogP contribution in [0.25, 0.3) is 0 Å². The summed E-state index contributed by atoms with van der Waals surface area (Å²) in [5, 5.41) is 6.08. The molecule has 0 aliphatic carbocycles. The maximum atomic E-state index is 12.9. The Bertz CT molecular complexity index is 876. The van der Waals surface area contributed by atoms with Crippen LogP contribution < -0.4 is 10.6 Å². The van der Waals surface area contributed by atoms with Crippen LogP contribution in [-0.4, -0.2) is 5.91 Å². The summed E-state index contributed by atoms with van der Waals surface area (Å²) in [5.41, 5.74) is 3.67. The zero-order valence-electron chi connectivity index (χ0n) is 14.7. The maximum Gasteiger partial charge on any atom is 0.224 e. The van der Waals surface area contributed by atoms with Crippen molar-refractivity contribution in [2.75, 3.05) is 5.32 Å². The van der Waals surface area contributed by atoms with Crippen molar-refractivity contribution in [1.82, 2.24) is 5.32 Å². The van der Waals surface area contributed by atoms with Gasteiger partial charge in [0.1, 0.15) is 11.6 Å². The quantitative estimate of drug-likeness (QED) is 0.649. The van der Waals surface area contributed by atoms with Gasteiger partial charge in [-0.3, -0.25) is 4.79 Å². The Morgan fingerprint density at radius 1 is 0.667 bits per heavy atom. The molecule has 3 aromatic rings. The number of rotatable bonds is 7. The lowest BCUT2D eigenvalue weighted by Crippen LogP contribution is -2.24. The van der Waals surface area contributed by atoms with E-state index in [1.165, 1.54) is 24.3 Å². The number of hydrogen-bond acceptors (Lipinski definition) is 2. The van der Waals surface area contributed by atoms with Gasteiger partial charge in [-0.2, -0.15) is 0 Å². The first-order valence-electron chi connectivity index (χ1n) is 8.67. The molecule has 3 nitrogen and oxygen atoms in total. The fourth-order valence-corrected chi connectivity index (χ4v) is 2.60. The zero-order chi connectivity index (χ0) is 19.1. The summed E-state index contributed by atoms with van der Waals surface area (Å²) < 4.78 is 25.8. The number of carbonyl (C=O) groups is 1. The Kier molecular flexibility index (Phi) is 6.15. The topological polar surface area (TPSA) is 41.1 Å². The highest BCUT2D eigenvalue weighted by Crippen LogP contribution is 2.12. The Balaban J connectivity index is 1.45. The van der Waals surface area contributed by atoms with Crippen LogP contribution in [0.4, 0.5) is 14.5 Å². The van der Waals surface area contributed by atoms with E-state index in [2.05, 4.69) is 10.6 Å². The second-order valence-electron chi connectivity index (χ2n) is 6.26. The molecular weight excluding hydrogens is 346 g/mol. The lowest BCUT2D eigenvalue weighted by Gasteiger charge is -2.09. The van der Waals surface area contributed by atoms with Crippen molar-refractivity contribution in [3.8, 4) is 0 Å². The van der Waals surface area contributed by atoms with Crippen LogP contribution in [0.2, 0.25) is 0 Å². The molecule has 5 heteroatoms. The fraction of sp³-hybridized carbons (Fsp3) is 0.136. The molecule has 2 N–H and O–H groups in total. The predicted octanol–water partition coefficient (Wildman–Crippen LogP) is 4.44. The van der Waals surface area contributed by atoms with Crippen LogP contribution in [0.3, 0.4) is 0 Å². The van der Waals surface area contributed by atoms with Crippen molar-refractivity contribution < 1.29 is 13.6 Å². The number of carbonyl (C=O) groups excluding carboxylic acids is 1. The van der Waals surface area contributed by atoms with Crippen LogP contribution >= 0.6 is 0 Å². The van der Waals surface area contributed by atoms with Gasteiger partial charge in [-0.25, -0.2) is 8.78 Å². The molecular formula is C22H20F2N2O. The van der Waals surface area contributed by atoms with E-state index >= 15 is 0 Å². The van der Waals surface area contributed by atoms with Gasteiger partial charge in [-0.05, 0) is 53.1 Å². The molecule has 0 unspecified atom stereocenters. The lowest BCUT2D eigenvalue weighted by molar-refractivity contribution is -0.120. The van der Waals surface area contributed by atoms with Gasteiger partial charge in [0.05, 0.1) is 6.42 Å². The van der Waals surface area contributed by atoms with Crippen LogP contribution in [0.5, 0.6) is 0 Å². The van der Waals surface area contributed by atoms with Gasteiger partial charge in [0.25, 0.3) is 0 Å². The molecule has 1 amide bonds. The van der Waals surface area contributed by atoms with Crippen molar-refractivity contribution in [3.63, 3.8) is 0 Å². The average Bonchev–Trinajstić information content (AvgIpc) is 2.68. The minimum absolute atomic E-state index is 0.0913. The molecule has 0 heterocycles. The van der Waals surface area contributed by atoms with E-state index in [-0.39, 0.29) is 24.0 Å². The Hall–Kier alpha value is -3.21. The molecule has 0 saturated heterocycles. The number of amides is 1. The van der Waals surface area contributed by atoms with Crippen molar-refractivity contribution in [2.24, 2.45) is 0 Å². The average molecular weight is 366 g/mol. The van der Waals surface area contributed by atoms with Crippen LogP contribution in [-0.2, 0) is 24.3 Å². The highest BCUT2D eigenvalue weighted by Gasteiger charge is 2.04. The summed E-state index contributed by atoms with van der Waals surface area (Å²) in [6.45, 7) is 0.966. The van der Waals surface area contributed by atoms with Crippen molar-refractivity contribution in [2.45, 2.75) is 19.5 Å². The molecule has 27 heavy (non-hydrogen) atoms. The number of nitrogens with one attached hydrogen (secondary N) is 2. The Morgan fingerprint density at radius 2 is 1.15 bits per heavy atom. The van der Waals surface area contributed by atoms with Crippen LogP contribution in [0.1, 0.15) is 16.7 Å². The molecule has 0 bridgehead atoms. The molecule has 0 aliphatic rings. The highest BCUT2D eigenvalue weighted by atomic mass is 19.1. The molecule has 0 fully saturated rings. The number of benzene rings is 3. The third-order valence-corrected chi connectivity index (χ3v) is 4.13. The molecule has 3 aromatic carbocycles. The number of hydrogen-bond donors (Lipinski definition) is 2. The second kappa shape index (κ2) is 8.94. The summed E-state index contributed by atoms with van der Waals surface area (Å²) in [6, 6.07) is 20.0. The van der Waals surface area contributed by atoms with Crippen molar-refractivity contribution in [1.29, 1.82) is 0 Å². The van der Waals surface area contributed by atoms with Crippen LogP contribution in [0, 0.1) is 11.6 Å². The van der Waals surface area contributed by atoms with Crippen molar-refractivity contribution >= 4 is 11.6 Å². The molecule has 3 rings (SSSR count). The zero-order valence-corrected chi connectivity index (χ0v) is 14.7. The molecule has 0 spiro atoms. The highest BCUT2D eigenvalue weighted by molar-refractivity contribution is 5.78. The lowest BCUT2D eigenvalue weighted by atomic mass is 10.1. The molecule has 0 radical (unpaired) electrons. The minimum atomic E-state index is -0.293. The standard InChI is InChI=1S/C22H20F2N2O/c23-19-7-1-17(2-8-19)14-25-21-11-5-16(6-12-21)13-22(27)26-15-18-3-9-20(24)10-4-18/h1-12,25H,13-15H2,(H,26,27). The monoisotopic (exact) mass is 366 g/mol. The third-order valence-electron chi connectivity index (χ3n) is 4.13. The van der Waals surface area contributed by atoms with Gasteiger partial charge in [0, 0.05) is 18.8 Å². The molecule has 0 aliphatic heterocycles.